The van der Waals surface area contributed by atoms with Crippen molar-refractivity contribution in [3.05, 3.63) is 47.4 Å². The molecule has 1 aliphatic rings. The highest BCUT2D eigenvalue weighted by Crippen LogP contribution is 2.27. The van der Waals surface area contributed by atoms with Gasteiger partial charge >= 0.3 is 0 Å². The lowest BCUT2D eigenvalue weighted by atomic mass is 9.97. The molecule has 0 N–H and O–H groups in total. The number of aromatic nitrogens is 2. The molecule has 1 aromatic heterocycles. The molecule has 110 valence electrons. The molecule has 0 aliphatic carbocycles. The number of piperidine rings is 1. The van der Waals surface area contributed by atoms with E-state index < -0.39 is 0 Å². The number of amides is 1. The molecule has 1 amide bonds. The number of nitrogens with zero attached hydrogens (tertiary/aromatic N) is 3. The zero-order chi connectivity index (χ0) is 14.8. The van der Waals surface area contributed by atoms with Gasteiger partial charge in [-0.05, 0) is 19.4 Å². The van der Waals surface area contributed by atoms with Crippen molar-refractivity contribution in [2.45, 2.75) is 32.2 Å². The van der Waals surface area contributed by atoms with Crippen LogP contribution in [0.3, 0.4) is 0 Å². The Bertz CT molecular complexity index is 656. The summed E-state index contributed by atoms with van der Waals surface area (Å²) >= 11 is 0. The van der Waals surface area contributed by atoms with Gasteiger partial charge in [0.15, 0.2) is 5.82 Å². The highest BCUT2D eigenvalue weighted by Gasteiger charge is 2.30. The van der Waals surface area contributed by atoms with Crippen molar-refractivity contribution in [1.82, 2.24) is 15.0 Å². The van der Waals surface area contributed by atoms with Crippen molar-refractivity contribution in [2.24, 2.45) is 0 Å². The summed E-state index contributed by atoms with van der Waals surface area (Å²) < 4.78 is 18.9. The van der Waals surface area contributed by atoms with Gasteiger partial charge in [-0.1, -0.05) is 23.4 Å². The third-order valence-corrected chi connectivity index (χ3v) is 3.71. The first-order chi connectivity index (χ1) is 10.1. The Morgan fingerprint density at radius 3 is 2.95 bits per heavy atom. The molecule has 1 saturated heterocycles. The fourth-order valence-electron chi connectivity index (χ4n) is 2.58. The van der Waals surface area contributed by atoms with Crippen LogP contribution in [-0.4, -0.2) is 27.5 Å². The summed E-state index contributed by atoms with van der Waals surface area (Å²) in [4.78, 5) is 17.9. The molecule has 5 nitrogen and oxygen atoms in total. The van der Waals surface area contributed by atoms with Gasteiger partial charge in [-0.25, -0.2) is 4.39 Å². The fourth-order valence-corrected chi connectivity index (χ4v) is 2.58. The molecule has 1 fully saturated rings. The summed E-state index contributed by atoms with van der Waals surface area (Å²) in [6, 6.07) is 6.51. The maximum atomic E-state index is 13.7. The Morgan fingerprint density at radius 1 is 1.43 bits per heavy atom. The van der Waals surface area contributed by atoms with E-state index in [0.717, 1.165) is 0 Å². The SMILES string of the molecule is Cc1noc([C@@H]2CCC(=O)N(Cc3ccccc3F)C2)n1. The predicted octanol–water partition coefficient (Wildman–Crippen LogP) is 2.42. The van der Waals surface area contributed by atoms with Crippen LogP contribution in [0.4, 0.5) is 4.39 Å². The van der Waals surface area contributed by atoms with Crippen LogP contribution in [0, 0.1) is 12.7 Å². The standard InChI is InChI=1S/C15H16FN3O2/c1-10-17-15(21-18-10)12-6-7-14(20)19(9-12)8-11-4-2-3-5-13(11)16/h2-5,12H,6-9H2,1H3/t12-/m1/s1. The third-order valence-electron chi connectivity index (χ3n) is 3.71. The van der Waals surface area contributed by atoms with Gasteiger partial charge in [0.25, 0.3) is 0 Å². The molecule has 1 atom stereocenters. The first-order valence-electron chi connectivity index (χ1n) is 6.95. The van der Waals surface area contributed by atoms with Crippen molar-refractivity contribution in [1.29, 1.82) is 0 Å². The topological polar surface area (TPSA) is 59.2 Å². The van der Waals surface area contributed by atoms with Crippen LogP contribution >= 0.6 is 0 Å². The molecule has 0 saturated carbocycles. The number of hydrogen-bond acceptors (Lipinski definition) is 4. The van der Waals surface area contributed by atoms with E-state index in [-0.39, 0.29) is 24.2 Å². The molecule has 1 aromatic carbocycles. The molecule has 21 heavy (non-hydrogen) atoms. The Hall–Kier alpha value is -2.24. The number of hydrogen-bond donors (Lipinski definition) is 0. The first kappa shape index (κ1) is 13.7. The number of carbonyl (C=O) groups excluding carboxylic acids is 1. The molecule has 0 bridgehead atoms. The second kappa shape index (κ2) is 5.63. The predicted molar refractivity (Wildman–Crippen MR) is 72.8 cm³/mol. The molecule has 0 spiro atoms. The van der Waals surface area contributed by atoms with Crippen molar-refractivity contribution in [3.63, 3.8) is 0 Å². The lowest BCUT2D eigenvalue weighted by molar-refractivity contribution is -0.134. The third kappa shape index (κ3) is 2.94. The minimum atomic E-state index is -0.291. The number of carbonyl (C=O) groups is 1. The largest absolute Gasteiger partial charge is 0.339 e. The van der Waals surface area contributed by atoms with Crippen LogP contribution in [0.5, 0.6) is 0 Å². The summed E-state index contributed by atoms with van der Waals surface area (Å²) in [6.07, 6.45) is 1.11. The Labute approximate surface area is 121 Å². The molecule has 2 heterocycles. The number of rotatable bonds is 3. The quantitative estimate of drug-likeness (QED) is 0.870. The number of aryl methyl sites for hydroxylation is 1. The van der Waals surface area contributed by atoms with E-state index in [1.54, 1.807) is 30.0 Å². The normalized spacial score (nSPS) is 19.0. The van der Waals surface area contributed by atoms with Crippen molar-refractivity contribution in [2.75, 3.05) is 6.54 Å². The van der Waals surface area contributed by atoms with Crippen LogP contribution in [-0.2, 0) is 11.3 Å². The maximum absolute atomic E-state index is 13.7. The van der Waals surface area contributed by atoms with Crippen LogP contribution in [0.2, 0.25) is 0 Å². The second-order valence-electron chi connectivity index (χ2n) is 5.28. The van der Waals surface area contributed by atoms with Gasteiger partial charge in [0.2, 0.25) is 11.8 Å². The fraction of sp³-hybridized carbons (Fsp3) is 0.400. The van der Waals surface area contributed by atoms with Crippen LogP contribution in [0.25, 0.3) is 0 Å². The van der Waals surface area contributed by atoms with Crippen LogP contribution < -0.4 is 0 Å². The first-order valence-corrected chi connectivity index (χ1v) is 6.95. The monoisotopic (exact) mass is 289 g/mol. The lowest BCUT2D eigenvalue weighted by Crippen LogP contribution is -2.38. The van der Waals surface area contributed by atoms with Gasteiger partial charge < -0.3 is 9.42 Å². The minimum absolute atomic E-state index is 0.0238. The molecule has 0 radical (unpaired) electrons. The average molecular weight is 289 g/mol. The Morgan fingerprint density at radius 2 is 2.24 bits per heavy atom. The maximum Gasteiger partial charge on any atom is 0.231 e. The summed E-state index contributed by atoms with van der Waals surface area (Å²) in [7, 11) is 0. The van der Waals surface area contributed by atoms with Gasteiger partial charge in [-0.3, -0.25) is 4.79 Å². The number of benzene rings is 1. The van der Waals surface area contributed by atoms with Crippen molar-refractivity contribution >= 4 is 5.91 Å². The average Bonchev–Trinajstić information content (AvgIpc) is 2.90. The molecule has 0 unspecified atom stereocenters. The summed E-state index contributed by atoms with van der Waals surface area (Å²) in [5, 5.41) is 3.78. The molecule has 1 aliphatic heterocycles. The summed E-state index contributed by atoms with van der Waals surface area (Å²) in [5.41, 5.74) is 0.521. The zero-order valence-electron chi connectivity index (χ0n) is 11.8. The second-order valence-corrected chi connectivity index (χ2v) is 5.28. The zero-order valence-corrected chi connectivity index (χ0v) is 11.8. The van der Waals surface area contributed by atoms with E-state index in [2.05, 4.69) is 10.1 Å². The van der Waals surface area contributed by atoms with Crippen LogP contribution in [0.1, 0.15) is 36.0 Å². The van der Waals surface area contributed by atoms with Gasteiger partial charge in [-0.2, -0.15) is 4.98 Å². The van der Waals surface area contributed by atoms with E-state index in [9.17, 15) is 9.18 Å². The van der Waals surface area contributed by atoms with Gasteiger partial charge in [0.05, 0.1) is 5.92 Å². The van der Waals surface area contributed by atoms with E-state index in [1.165, 1.54) is 6.07 Å². The molecule has 6 heteroatoms. The van der Waals surface area contributed by atoms with Gasteiger partial charge in [-0.15, -0.1) is 0 Å². The number of likely N-dealkylation sites (tertiary alicyclic amines) is 1. The summed E-state index contributed by atoms with van der Waals surface area (Å²) in [5.74, 6) is 0.906. The lowest BCUT2D eigenvalue weighted by Gasteiger charge is -2.31. The molecule has 2 aromatic rings. The van der Waals surface area contributed by atoms with E-state index >= 15 is 0 Å². The van der Waals surface area contributed by atoms with E-state index in [0.29, 0.717) is 36.7 Å². The molecule has 3 rings (SSSR count). The van der Waals surface area contributed by atoms with Crippen molar-refractivity contribution in [3.8, 4) is 0 Å². The van der Waals surface area contributed by atoms with Gasteiger partial charge in [0, 0.05) is 25.1 Å². The highest BCUT2D eigenvalue weighted by molar-refractivity contribution is 5.77. The number of halogens is 1. The molecular formula is C15H16FN3O2. The Balaban J connectivity index is 1.75. The van der Waals surface area contributed by atoms with E-state index in [4.69, 9.17) is 4.52 Å². The Kier molecular flexibility index (Phi) is 3.68. The minimum Gasteiger partial charge on any atom is -0.339 e. The van der Waals surface area contributed by atoms with Crippen molar-refractivity contribution < 1.29 is 13.7 Å². The van der Waals surface area contributed by atoms with E-state index in [1.807, 2.05) is 0 Å². The summed E-state index contributed by atoms with van der Waals surface area (Å²) in [6.45, 7) is 2.52. The van der Waals surface area contributed by atoms with Crippen LogP contribution in [0.15, 0.2) is 28.8 Å². The highest BCUT2D eigenvalue weighted by atomic mass is 19.1. The molecular weight excluding hydrogens is 273 g/mol. The van der Waals surface area contributed by atoms with Gasteiger partial charge in [0.1, 0.15) is 5.82 Å². The smallest absolute Gasteiger partial charge is 0.231 e.